The van der Waals surface area contributed by atoms with Gasteiger partial charge in [-0.05, 0) is 31.9 Å². The second-order valence-corrected chi connectivity index (χ2v) is 4.22. The lowest BCUT2D eigenvalue weighted by atomic mass is 10.1. The summed E-state index contributed by atoms with van der Waals surface area (Å²) in [7, 11) is 0. The second-order valence-electron chi connectivity index (χ2n) is 4.22. The number of benzene rings is 1. The number of halogens is 1. The van der Waals surface area contributed by atoms with Crippen LogP contribution in [0.5, 0.6) is 5.75 Å². The van der Waals surface area contributed by atoms with Crippen LogP contribution in [0.1, 0.15) is 35.2 Å². The van der Waals surface area contributed by atoms with Gasteiger partial charge in [0.2, 0.25) is 0 Å². The minimum atomic E-state index is -0.885. The first kappa shape index (κ1) is 18.9. The van der Waals surface area contributed by atoms with Crippen molar-refractivity contribution in [1.29, 1.82) is 0 Å². The molecular weight excluding hydrogens is 302 g/mol. The number of nitro benzene ring substituents is 1. The maximum absolute atomic E-state index is 11.0. The SMILES string of the molecule is Cc1ccc(OCCCCC(=O)O)c(C=O)c1[N+](=O)[O-].Cl. The highest BCUT2D eigenvalue weighted by molar-refractivity contribution is 5.86. The minimum absolute atomic E-state index is 0. The van der Waals surface area contributed by atoms with Gasteiger partial charge in [-0.2, -0.15) is 0 Å². The number of aryl methyl sites for hydroxylation is 1. The molecule has 1 aromatic carbocycles. The van der Waals surface area contributed by atoms with Crippen molar-refractivity contribution >= 4 is 30.3 Å². The average molecular weight is 318 g/mol. The van der Waals surface area contributed by atoms with E-state index < -0.39 is 10.9 Å². The van der Waals surface area contributed by atoms with Crippen LogP contribution in [0, 0.1) is 17.0 Å². The van der Waals surface area contributed by atoms with Crippen LogP contribution in [0.15, 0.2) is 12.1 Å². The Labute approximate surface area is 127 Å². The number of rotatable bonds is 8. The minimum Gasteiger partial charge on any atom is -0.493 e. The summed E-state index contributed by atoms with van der Waals surface area (Å²) in [5.41, 5.74) is 0.0339. The first-order valence-corrected chi connectivity index (χ1v) is 6.05. The fourth-order valence-electron chi connectivity index (χ4n) is 1.74. The van der Waals surface area contributed by atoms with E-state index in [9.17, 15) is 19.7 Å². The van der Waals surface area contributed by atoms with Gasteiger partial charge in [0, 0.05) is 12.0 Å². The number of aldehydes is 1. The molecule has 0 aliphatic heterocycles. The first-order chi connectivity index (χ1) is 9.47. The number of nitrogens with zero attached hydrogens (tertiary/aromatic N) is 1. The lowest BCUT2D eigenvalue weighted by molar-refractivity contribution is -0.385. The molecular formula is C13H16ClNO6. The van der Waals surface area contributed by atoms with Gasteiger partial charge >= 0.3 is 5.97 Å². The van der Waals surface area contributed by atoms with Gasteiger partial charge in [0.25, 0.3) is 5.69 Å². The number of carboxylic acids is 1. The van der Waals surface area contributed by atoms with E-state index in [4.69, 9.17) is 9.84 Å². The summed E-state index contributed by atoms with van der Waals surface area (Å²) in [6, 6.07) is 3.01. The van der Waals surface area contributed by atoms with Crippen LogP contribution in [0.3, 0.4) is 0 Å². The van der Waals surface area contributed by atoms with Crippen LogP contribution in [0.2, 0.25) is 0 Å². The zero-order valence-corrected chi connectivity index (χ0v) is 12.2. The molecule has 0 fully saturated rings. The highest BCUT2D eigenvalue weighted by Crippen LogP contribution is 2.30. The number of aliphatic carboxylic acids is 1. The molecule has 0 aromatic heterocycles. The third-order valence-electron chi connectivity index (χ3n) is 2.72. The van der Waals surface area contributed by atoms with Crippen LogP contribution in [0.25, 0.3) is 0 Å². The summed E-state index contributed by atoms with van der Waals surface area (Å²) < 4.78 is 5.33. The Morgan fingerprint density at radius 1 is 1.43 bits per heavy atom. The highest BCUT2D eigenvalue weighted by Gasteiger charge is 2.21. The smallest absolute Gasteiger partial charge is 0.303 e. The van der Waals surface area contributed by atoms with E-state index in [1.807, 2.05) is 0 Å². The van der Waals surface area contributed by atoms with Crippen molar-refractivity contribution in [2.45, 2.75) is 26.2 Å². The number of hydrogen-bond acceptors (Lipinski definition) is 5. The Hall–Kier alpha value is -2.15. The lowest BCUT2D eigenvalue weighted by Crippen LogP contribution is -2.05. The van der Waals surface area contributed by atoms with E-state index in [1.54, 1.807) is 6.92 Å². The molecule has 1 rings (SSSR count). The molecule has 0 bridgehead atoms. The topological polar surface area (TPSA) is 107 Å². The molecule has 0 saturated heterocycles. The molecule has 0 amide bonds. The van der Waals surface area contributed by atoms with E-state index >= 15 is 0 Å². The van der Waals surface area contributed by atoms with Crippen molar-refractivity contribution in [3.8, 4) is 5.75 Å². The molecule has 0 radical (unpaired) electrons. The van der Waals surface area contributed by atoms with Crippen LogP contribution < -0.4 is 4.74 Å². The highest BCUT2D eigenvalue weighted by atomic mass is 35.5. The number of carbonyl (C=O) groups is 2. The van der Waals surface area contributed by atoms with Crippen molar-refractivity contribution in [3.63, 3.8) is 0 Å². The molecule has 0 aliphatic carbocycles. The molecule has 1 aromatic rings. The number of ether oxygens (including phenoxy) is 1. The summed E-state index contributed by atoms with van der Waals surface area (Å²) in [6.45, 7) is 1.75. The van der Waals surface area contributed by atoms with Gasteiger partial charge in [-0.1, -0.05) is 0 Å². The Morgan fingerprint density at radius 3 is 2.62 bits per heavy atom. The summed E-state index contributed by atoms with van der Waals surface area (Å²) in [5, 5.41) is 19.4. The Morgan fingerprint density at radius 2 is 2.10 bits per heavy atom. The predicted molar refractivity (Wildman–Crippen MR) is 77.5 cm³/mol. The van der Waals surface area contributed by atoms with Crippen LogP contribution in [-0.4, -0.2) is 28.9 Å². The molecule has 21 heavy (non-hydrogen) atoms. The molecule has 1 N–H and O–H groups in total. The van der Waals surface area contributed by atoms with Crippen molar-refractivity contribution in [3.05, 3.63) is 33.4 Å². The fourth-order valence-corrected chi connectivity index (χ4v) is 1.74. The molecule has 0 heterocycles. The molecule has 7 nitrogen and oxygen atoms in total. The standard InChI is InChI=1S/C13H15NO6.ClH/c1-9-5-6-11(10(8-15)13(9)14(18)19)20-7-3-2-4-12(16)17;/h5-6,8H,2-4,7H2,1H3,(H,16,17);1H. The van der Waals surface area contributed by atoms with Gasteiger partial charge in [-0.25, -0.2) is 0 Å². The summed E-state index contributed by atoms with van der Waals surface area (Å²) in [5.74, 6) is -0.739. The van der Waals surface area contributed by atoms with Crippen LogP contribution >= 0.6 is 12.4 Å². The fraction of sp³-hybridized carbons (Fsp3) is 0.385. The third kappa shape index (κ3) is 5.39. The second kappa shape index (κ2) is 8.91. The van der Waals surface area contributed by atoms with E-state index in [2.05, 4.69) is 0 Å². The van der Waals surface area contributed by atoms with Gasteiger partial charge < -0.3 is 9.84 Å². The molecule has 0 saturated carbocycles. The maximum Gasteiger partial charge on any atom is 0.303 e. The predicted octanol–water partition coefficient (Wildman–Crippen LogP) is 2.77. The summed E-state index contributed by atoms with van der Waals surface area (Å²) in [4.78, 5) is 31.7. The van der Waals surface area contributed by atoms with E-state index in [0.29, 0.717) is 24.7 Å². The number of carboxylic acid groups (broad SMARTS) is 1. The quantitative estimate of drug-likeness (QED) is 0.342. The number of carbonyl (C=O) groups excluding carboxylic acids is 1. The number of unbranched alkanes of at least 4 members (excludes halogenated alkanes) is 1. The summed E-state index contributed by atoms with van der Waals surface area (Å²) in [6.07, 6.45) is 1.38. The largest absolute Gasteiger partial charge is 0.493 e. The van der Waals surface area contributed by atoms with Crippen molar-refractivity contribution in [1.82, 2.24) is 0 Å². The number of hydrogen-bond donors (Lipinski definition) is 1. The molecule has 8 heteroatoms. The van der Waals surface area contributed by atoms with Crippen LogP contribution in [-0.2, 0) is 4.79 Å². The number of nitro groups is 1. The van der Waals surface area contributed by atoms with Crippen molar-refractivity contribution < 1.29 is 24.4 Å². The van der Waals surface area contributed by atoms with Gasteiger partial charge in [-0.15, -0.1) is 12.4 Å². The van der Waals surface area contributed by atoms with E-state index in [-0.39, 0.29) is 42.4 Å². The monoisotopic (exact) mass is 317 g/mol. The van der Waals surface area contributed by atoms with Gasteiger partial charge in [0.05, 0.1) is 11.5 Å². The average Bonchev–Trinajstić information content (AvgIpc) is 2.38. The lowest BCUT2D eigenvalue weighted by Gasteiger charge is -2.09. The van der Waals surface area contributed by atoms with E-state index in [1.165, 1.54) is 12.1 Å². The van der Waals surface area contributed by atoms with Gasteiger partial charge in [0.1, 0.15) is 11.3 Å². The van der Waals surface area contributed by atoms with Gasteiger partial charge in [0.15, 0.2) is 6.29 Å². The zero-order valence-electron chi connectivity index (χ0n) is 11.4. The maximum atomic E-state index is 11.0. The van der Waals surface area contributed by atoms with E-state index in [0.717, 1.165) is 0 Å². The van der Waals surface area contributed by atoms with Crippen molar-refractivity contribution in [2.24, 2.45) is 0 Å². The molecule has 116 valence electrons. The Balaban J connectivity index is 0.00000400. The van der Waals surface area contributed by atoms with Gasteiger partial charge in [-0.3, -0.25) is 19.7 Å². The van der Waals surface area contributed by atoms with Crippen LogP contribution in [0.4, 0.5) is 5.69 Å². The summed E-state index contributed by atoms with van der Waals surface area (Å²) >= 11 is 0. The Bertz CT molecular complexity index is 532. The normalized spacial score (nSPS) is 9.57. The third-order valence-corrected chi connectivity index (χ3v) is 2.72. The Kier molecular flexibility index (Phi) is 8.00. The molecule has 0 unspecified atom stereocenters. The van der Waals surface area contributed by atoms with Crippen molar-refractivity contribution in [2.75, 3.05) is 6.61 Å². The zero-order chi connectivity index (χ0) is 15.1. The first-order valence-electron chi connectivity index (χ1n) is 6.05. The molecule has 0 aliphatic rings. The molecule has 0 spiro atoms. The molecule has 0 atom stereocenters.